The minimum absolute atomic E-state index is 0.0530. The Hall–Kier alpha value is -1.24. The van der Waals surface area contributed by atoms with Gasteiger partial charge in [-0.25, -0.2) is 4.98 Å². The zero-order valence-corrected chi connectivity index (χ0v) is 12.3. The van der Waals surface area contributed by atoms with Crippen molar-refractivity contribution in [2.75, 3.05) is 10.2 Å². The van der Waals surface area contributed by atoms with Gasteiger partial charge in [0.15, 0.2) is 17.4 Å². The molecule has 10 heteroatoms. The maximum atomic E-state index is 11.7. The van der Waals surface area contributed by atoms with Gasteiger partial charge in [0.1, 0.15) is 12.2 Å². The molecule has 3 rings (SSSR count). The number of hydrogen-bond acceptors (Lipinski definition) is 7. The molecule has 2 aromatic heterocycles. The molecular formula is C10H12IN5O4. The third-order valence-corrected chi connectivity index (χ3v) is 4.08. The highest BCUT2D eigenvalue weighted by molar-refractivity contribution is 14.1. The highest BCUT2D eigenvalue weighted by Gasteiger charge is 2.43. The molecule has 108 valence electrons. The summed E-state index contributed by atoms with van der Waals surface area (Å²) in [4.78, 5) is 22.0. The summed E-state index contributed by atoms with van der Waals surface area (Å²) >= 11 is 2.06. The van der Waals surface area contributed by atoms with Crippen molar-refractivity contribution in [2.24, 2.45) is 0 Å². The number of fused-ring (bicyclic) bond motifs is 1. The quantitative estimate of drug-likeness (QED) is 0.370. The summed E-state index contributed by atoms with van der Waals surface area (Å²) in [6.07, 6.45) is -2.15. The molecule has 0 unspecified atom stereocenters. The Labute approximate surface area is 125 Å². The number of ether oxygens (including phenoxy) is 1. The number of aromatic amines is 1. The first kappa shape index (κ1) is 13.7. The Kier molecular flexibility index (Phi) is 3.40. The SMILES string of the molecule is Nc1nc2c(ncn2[C@@H]2O[C@H](CI)[C@@H](O)[C@H]2O)c(=O)[nH]1. The zero-order valence-electron chi connectivity index (χ0n) is 10.1. The van der Waals surface area contributed by atoms with Gasteiger partial charge < -0.3 is 20.7 Å². The average Bonchev–Trinajstić information content (AvgIpc) is 2.93. The van der Waals surface area contributed by atoms with Gasteiger partial charge in [-0.2, -0.15) is 4.98 Å². The Morgan fingerprint density at radius 1 is 1.50 bits per heavy atom. The fourth-order valence-electron chi connectivity index (χ4n) is 2.22. The van der Waals surface area contributed by atoms with Crippen LogP contribution in [-0.4, -0.2) is 52.5 Å². The average molecular weight is 393 g/mol. The molecule has 1 saturated heterocycles. The Morgan fingerprint density at radius 3 is 2.90 bits per heavy atom. The Morgan fingerprint density at radius 2 is 2.25 bits per heavy atom. The van der Waals surface area contributed by atoms with Crippen molar-refractivity contribution in [2.45, 2.75) is 24.5 Å². The van der Waals surface area contributed by atoms with E-state index in [9.17, 15) is 15.0 Å². The van der Waals surface area contributed by atoms with Crippen molar-refractivity contribution in [1.29, 1.82) is 0 Å². The Balaban J connectivity index is 2.09. The highest BCUT2D eigenvalue weighted by Crippen LogP contribution is 2.31. The molecule has 1 aliphatic rings. The Bertz CT molecular complexity index is 701. The number of aliphatic hydroxyl groups is 2. The van der Waals surface area contributed by atoms with E-state index in [2.05, 4.69) is 37.5 Å². The van der Waals surface area contributed by atoms with Crippen LogP contribution in [0, 0.1) is 0 Å². The number of hydrogen-bond donors (Lipinski definition) is 4. The van der Waals surface area contributed by atoms with Crippen LogP contribution in [0.2, 0.25) is 0 Å². The first-order valence-electron chi connectivity index (χ1n) is 5.83. The van der Waals surface area contributed by atoms with Crippen LogP contribution in [0.3, 0.4) is 0 Å². The van der Waals surface area contributed by atoms with E-state index in [0.717, 1.165) is 0 Å². The molecule has 4 atom stereocenters. The second-order valence-electron chi connectivity index (χ2n) is 4.48. The lowest BCUT2D eigenvalue weighted by Gasteiger charge is -2.16. The van der Waals surface area contributed by atoms with Crippen LogP contribution in [0.4, 0.5) is 5.95 Å². The van der Waals surface area contributed by atoms with Crippen LogP contribution < -0.4 is 11.3 Å². The molecule has 0 aliphatic carbocycles. The number of aromatic nitrogens is 4. The standard InChI is InChI=1S/C10H12IN5O4/c11-1-3-5(17)6(18)9(20-3)16-2-13-4-7(16)14-10(12)15-8(4)19/h2-3,5-6,9,17-18H,1H2,(H3,12,14,15,19)/t3-,5-,6-,9-/m1/s1. The number of nitrogen functional groups attached to an aromatic ring is 1. The van der Waals surface area contributed by atoms with Crippen molar-refractivity contribution in [3.05, 3.63) is 16.7 Å². The van der Waals surface area contributed by atoms with Crippen molar-refractivity contribution < 1.29 is 14.9 Å². The number of rotatable bonds is 2. The lowest BCUT2D eigenvalue weighted by atomic mass is 10.1. The predicted molar refractivity (Wildman–Crippen MR) is 77.4 cm³/mol. The summed E-state index contributed by atoms with van der Waals surface area (Å²) in [6.45, 7) is 0. The van der Waals surface area contributed by atoms with Gasteiger partial charge in [-0.15, -0.1) is 0 Å². The second-order valence-corrected chi connectivity index (χ2v) is 5.36. The molecule has 1 aliphatic heterocycles. The molecule has 3 heterocycles. The van der Waals surface area contributed by atoms with Crippen LogP contribution in [0.5, 0.6) is 0 Å². The molecule has 2 aromatic rings. The van der Waals surface area contributed by atoms with Crippen molar-refractivity contribution in [3.63, 3.8) is 0 Å². The van der Waals surface area contributed by atoms with E-state index < -0.39 is 30.1 Å². The largest absolute Gasteiger partial charge is 0.387 e. The maximum Gasteiger partial charge on any atom is 0.280 e. The van der Waals surface area contributed by atoms with Gasteiger partial charge in [0, 0.05) is 4.43 Å². The summed E-state index contributed by atoms with van der Waals surface area (Å²) in [5, 5.41) is 19.9. The van der Waals surface area contributed by atoms with E-state index >= 15 is 0 Å². The molecule has 9 nitrogen and oxygen atoms in total. The predicted octanol–water partition coefficient (Wildman–Crippen LogP) is -1.24. The smallest absolute Gasteiger partial charge is 0.280 e. The van der Waals surface area contributed by atoms with Gasteiger partial charge in [0.2, 0.25) is 5.95 Å². The monoisotopic (exact) mass is 393 g/mol. The van der Waals surface area contributed by atoms with E-state index in [1.165, 1.54) is 10.9 Å². The van der Waals surface area contributed by atoms with E-state index in [0.29, 0.717) is 4.43 Å². The molecule has 0 amide bonds. The first-order chi connectivity index (χ1) is 9.52. The third kappa shape index (κ3) is 1.99. The number of nitrogens with one attached hydrogen (secondary N) is 1. The lowest BCUT2D eigenvalue weighted by Crippen LogP contribution is -2.32. The fraction of sp³-hybridized carbons (Fsp3) is 0.500. The van der Waals surface area contributed by atoms with Gasteiger partial charge >= 0.3 is 0 Å². The van der Waals surface area contributed by atoms with Crippen LogP contribution in [0.1, 0.15) is 6.23 Å². The zero-order chi connectivity index (χ0) is 14.4. The number of aliphatic hydroxyl groups excluding tert-OH is 2. The van der Waals surface area contributed by atoms with Gasteiger partial charge in [-0.1, -0.05) is 22.6 Å². The molecule has 0 saturated carbocycles. The molecule has 0 bridgehead atoms. The van der Waals surface area contributed by atoms with E-state index in [1.54, 1.807) is 0 Å². The molecule has 20 heavy (non-hydrogen) atoms. The van der Waals surface area contributed by atoms with Crippen LogP contribution >= 0.6 is 22.6 Å². The maximum absolute atomic E-state index is 11.7. The summed E-state index contributed by atoms with van der Waals surface area (Å²) in [5.74, 6) is -0.0530. The number of halogens is 1. The summed E-state index contributed by atoms with van der Waals surface area (Å²) < 4.78 is 7.52. The highest BCUT2D eigenvalue weighted by atomic mass is 127. The molecule has 0 aromatic carbocycles. The third-order valence-electron chi connectivity index (χ3n) is 3.21. The van der Waals surface area contributed by atoms with E-state index in [4.69, 9.17) is 10.5 Å². The summed E-state index contributed by atoms with van der Waals surface area (Å²) in [7, 11) is 0. The molecule has 0 spiro atoms. The number of imidazole rings is 1. The lowest BCUT2D eigenvalue weighted by molar-refractivity contribution is -0.0283. The topological polar surface area (TPSA) is 139 Å². The van der Waals surface area contributed by atoms with Gasteiger partial charge in [0.05, 0.1) is 12.4 Å². The van der Waals surface area contributed by atoms with Gasteiger partial charge in [-0.3, -0.25) is 14.3 Å². The minimum Gasteiger partial charge on any atom is -0.387 e. The summed E-state index contributed by atoms with van der Waals surface area (Å²) in [5.41, 5.74) is 5.34. The molecule has 1 fully saturated rings. The van der Waals surface area contributed by atoms with E-state index in [-0.39, 0.29) is 17.1 Å². The molecule has 5 N–H and O–H groups in total. The van der Waals surface area contributed by atoms with Crippen LogP contribution in [0.25, 0.3) is 11.2 Å². The van der Waals surface area contributed by atoms with Gasteiger partial charge in [0.25, 0.3) is 5.56 Å². The minimum atomic E-state index is -1.13. The van der Waals surface area contributed by atoms with Crippen LogP contribution in [-0.2, 0) is 4.74 Å². The van der Waals surface area contributed by atoms with Crippen molar-refractivity contribution >= 4 is 39.7 Å². The number of nitrogens with two attached hydrogens (primary N) is 1. The number of nitrogens with zero attached hydrogens (tertiary/aromatic N) is 3. The number of H-pyrrole nitrogens is 1. The number of anilines is 1. The first-order valence-corrected chi connectivity index (χ1v) is 7.35. The van der Waals surface area contributed by atoms with E-state index in [1.807, 2.05) is 0 Å². The summed E-state index contributed by atoms with van der Waals surface area (Å²) in [6, 6.07) is 0. The van der Waals surface area contributed by atoms with Crippen LogP contribution in [0.15, 0.2) is 11.1 Å². The van der Waals surface area contributed by atoms with Gasteiger partial charge in [-0.05, 0) is 0 Å². The normalized spacial score (nSPS) is 30.1. The van der Waals surface area contributed by atoms with Crippen molar-refractivity contribution in [3.8, 4) is 0 Å². The second kappa shape index (κ2) is 4.95. The number of alkyl halides is 1. The molecular weight excluding hydrogens is 381 g/mol. The van der Waals surface area contributed by atoms with Crippen molar-refractivity contribution in [1.82, 2.24) is 19.5 Å². The molecule has 0 radical (unpaired) electrons. The fourth-order valence-corrected chi connectivity index (χ4v) is 2.94.